The maximum atomic E-state index is 4.30. The summed E-state index contributed by atoms with van der Waals surface area (Å²) in [7, 11) is 2.06. The van der Waals surface area contributed by atoms with E-state index in [1.54, 1.807) is 0 Å². The Morgan fingerprint density at radius 2 is 2.25 bits per heavy atom. The van der Waals surface area contributed by atoms with Gasteiger partial charge in [-0.05, 0) is 35.6 Å². The molecular formula is C9H9IN2. The van der Waals surface area contributed by atoms with Crippen LogP contribution in [0, 0.1) is 10.5 Å². The van der Waals surface area contributed by atoms with E-state index < -0.39 is 0 Å². The van der Waals surface area contributed by atoms with Gasteiger partial charge in [-0.2, -0.15) is 0 Å². The molecule has 0 radical (unpaired) electrons. The van der Waals surface area contributed by atoms with Crippen LogP contribution in [0.25, 0.3) is 10.9 Å². The quantitative estimate of drug-likeness (QED) is 0.674. The van der Waals surface area contributed by atoms with Gasteiger partial charge in [0.1, 0.15) is 0 Å². The fourth-order valence-electron chi connectivity index (χ4n) is 1.40. The van der Waals surface area contributed by atoms with Gasteiger partial charge < -0.3 is 4.57 Å². The zero-order valence-electron chi connectivity index (χ0n) is 7.00. The lowest BCUT2D eigenvalue weighted by molar-refractivity contribution is 0.964. The van der Waals surface area contributed by atoms with Gasteiger partial charge in [-0.3, -0.25) is 4.98 Å². The lowest BCUT2D eigenvalue weighted by atomic mass is 10.2. The number of hydrogen-bond donors (Lipinski definition) is 0. The van der Waals surface area contributed by atoms with E-state index >= 15 is 0 Å². The highest BCUT2D eigenvalue weighted by Crippen LogP contribution is 2.22. The number of nitrogens with zero attached hydrogens (tertiary/aromatic N) is 2. The molecule has 2 rings (SSSR count). The molecule has 12 heavy (non-hydrogen) atoms. The molecule has 0 aliphatic carbocycles. The largest absolute Gasteiger partial charge is 0.350 e. The molecule has 2 aromatic rings. The van der Waals surface area contributed by atoms with Crippen molar-refractivity contribution < 1.29 is 0 Å². The first kappa shape index (κ1) is 8.04. The third-order valence-electron chi connectivity index (χ3n) is 2.06. The van der Waals surface area contributed by atoms with E-state index in [2.05, 4.69) is 51.5 Å². The summed E-state index contributed by atoms with van der Waals surface area (Å²) in [5, 5.41) is 1.25. The summed E-state index contributed by atoms with van der Waals surface area (Å²) >= 11 is 2.31. The van der Waals surface area contributed by atoms with E-state index in [9.17, 15) is 0 Å². The Morgan fingerprint density at radius 1 is 1.50 bits per heavy atom. The van der Waals surface area contributed by atoms with E-state index in [0.717, 1.165) is 5.69 Å². The molecule has 0 N–H and O–H groups in total. The van der Waals surface area contributed by atoms with Gasteiger partial charge in [0.05, 0.1) is 9.09 Å². The zero-order chi connectivity index (χ0) is 8.72. The normalized spacial score (nSPS) is 10.9. The summed E-state index contributed by atoms with van der Waals surface area (Å²) < 4.78 is 3.34. The fourth-order valence-corrected chi connectivity index (χ4v) is 2.21. The summed E-state index contributed by atoms with van der Waals surface area (Å²) in [6, 6.07) is 2.11. The minimum absolute atomic E-state index is 1.10. The first-order valence-electron chi connectivity index (χ1n) is 3.76. The topological polar surface area (TPSA) is 17.8 Å². The summed E-state index contributed by atoms with van der Waals surface area (Å²) in [6.45, 7) is 2.04. The summed E-state index contributed by atoms with van der Waals surface area (Å²) in [5.41, 5.74) is 2.38. The fraction of sp³-hybridized carbons (Fsp3) is 0.222. The van der Waals surface area contributed by atoms with Gasteiger partial charge >= 0.3 is 0 Å². The van der Waals surface area contributed by atoms with Crippen LogP contribution in [-0.4, -0.2) is 9.55 Å². The van der Waals surface area contributed by atoms with Gasteiger partial charge in [0.15, 0.2) is 0 Å². The van der Waals surface area contributed by atoms with Crippen molar-refractivity contribution in [3.05, 3.63) is 27.7 Å². The van der Waals surface area contributed by atoms with Crippen LogP contribution in [0.2, 0.25) is 0 Å². The molecule has 2 heterocycles. The maximum Gasteiger partial charge on any atom is 0.0647 e. The smallest absolute Gasteiger partial charge is 0.0647 e. The molecule has 2 nitrogen and oxygen atoms in total. The number of fused-ring (bicyclic) bond motifs is 1. The van der Waals surface area contributed by atoms with Gasteiger partial charge in [-0.1, -0.05) is 0 Å². The molecule has 3 heteroatoms. The monoisotopic (exact) mass is 272 g/mol. The first-order chi connectivity index (χ1) is 5.70. The van der Waals surface area contributed by atoms with E-state index in [1.807, 2.05) is 13.1 Å². The van der Waals surface area contributed by atoms with Crippen molar-refractivity contribution in [2.24, 2.45) is 7.05 Å². The van der Waals surface area contributed by atoms with Gasteiger partial charge in [-0.15, -0.1) is 0 Å². The predicted molar refractivity (Wildman–Crippen MR) is 58.2 cm³/mol. The average molecular weight is 272 g/mol. The summed E-state index contributed by atoms with van der Waals surface area (Å²) in [5.74, 6) is 0. The number of rotatable bonds is 0. The number of pyridine rings is 1. The van der Waals surface area contributed by atoms with Crippen molar-refractivity contribution in [1.82, 2.24) is 9.55 Å². The lowest BCUT2D eigenvalue weighted by Gasteiger charge is -2.00. The SMILES string of the molecule is Cc1ncc(I)c2c1ccn2C. The van der Waals surface area contributed by atoms with Gasteiger partial charge in [0.25, 0.3) is 0 Å². The highest BCUT2D eigenvalue weighted by Gasteiger charge is 2.04. The summed E-state index contributed by atoms with van der Waals surface area (Å²) in [6.07, 6.45) is 3.99. The molecule has 0 fully saturated rings. The van der Waals surface area contributed by atoms with Crippen molar-refractivity contribution in [2.75, 3.05) is 0 Å². The van der Waals surface area contributed by atoms with Crippen LogP contribution in [0.4, 0.5) is 0 Å². The Bertz CT molecular complexity index is 431. The van der Waals surface area contributed by atoms with Crippen LogP contribution in [-0.2, 0) is 7.05 Å². The Labute approximate surface area is 84.7 Å². The van der Waals surface area contributed by atoms with E-state index in [1.165, 1.54) is 14.5 Å². The van der Waals surface area contributed by atoms with Crippen LogP contribution in [0.3, 0.4) is 0 Å². The van der Waals surface area contributed by atoms with Crippen molar-refractivity contribution in [1.29, 1.82) is 0 Å². The molecule has 0 unspecified atom stereocenters. The molecule has 62 valence electrons. The number of aryl methyl sites for hydroxylation is 2. The van der Waals surface area contributed by atoms with E-state index in [0.29, 0.717) is 0 Å². The minimum atomic E-state index is 1.10. The third kappa shape index (κ3) is 1.03. The van der Waals surface area contributed by atoms with Crippen molar-refractivity contribution in [3.8, 4) is 0 Å². The molecule has 0 saturated carbocycles. The number of halogens is 1. The van der Waals surface area contributed by atoms with Gasteiger partial charge in [0, 0.05) is 30.5 Å². The molecule has 0 bridgehead atoms. The second-order valence-electron chi connectivity index (χ2n) is 2.88. The molecular weight excluding hydrogens is 263 g/mol. The van der Waals surface area contributed by atoms with Crippen LogP contribution in [0.15, 0.2) is 18.5 Å². The van der Waals surface area contributed by atoms with Crippen molar-refractivity contribution in [3.63, 3.8) is 0 Å². The maximum absolute atomic E-state index is 4.30. The van der Waals surface area contributed by atoms with E-state index in [-0.39, 0.29) is 0 Å². The van der Waals surface area contributed by atoms with Crippen molar-refractivity contribution in [2.45, 2.75) is 6.92 Å². The van der Waals surface area contributed by atoms with Gasteiger partial charge in [-0.25, -0.2) is 0 Å². The lowest BCUT2D eigenvalue weighted by Crippen LogP contribution is -1.90. The molecule has 0 amide bonds. The Balaban J connectivity index is 2.98. The van der Waals surface area contributed by atoms with Crippen LogP contribution < -0.4 is 0 Å². The van der Waals surface area contributed by atoms with Crippen molar-refractivity contribution >= 4 is 33.5 Å². The second-order valence-corrected chi connectivity index (χ2v) is 4.04. The third-order valence-corrected chi connectivity index (χ3v) is 2.85. The highest BCUT2D eigenvalue weighted by molar-refractivity contribution is 14.1. The standard InChI is InChI=1S/C9H9IN2/c1-6-7-3-4-12(2)9(7)8(10)5-11-6/h3-5H,1-2H3. The molecule has 0 aliphatic heterocycles. The molecule has 0 saturated heterocycles. The molecule has 2 aromatic heterocycles. The zero-order valence-corrected chi connectivity index (χ0v) is 9.16. The molecule has 0 aliphatic rings. The average Bonchev–Trinajstić information content (AvgIpc) is 2.42. The predicted octanol–water partition coefficient (Wildman–Crippen LogP) is 2.49. The summed E-state index contributed by atoms with van der Waals surface area (Å²) in [4.78, 5) is 4.30. The minimum Gasteiger partial charge on any atom is -0.350 e. The highest BCUT2D eigenvalue weighted by atomic mass is 127. The molecule has 0 aromatic carbocycles. The van der Waals surface area contributed by atoms with Crippen LogP contribution in [0.5, 0.6) is 0 Å². The molecule has 0 atom stereocenters. The molecule has 0 spiro atoms. The second kappa shape index (κ2) is 2.73. The van der Waals surface area contributed by atoms with E-state index in [4.69, 9.17) is 0 Å². The number of hydrogen-bond acceptors (Lipinski definition) is 1. The number of aromatic nitrogens is 2. The first-order valence-corrected chi connectivity index (χ1v) is 4.84. The van der Waals surface area contributed by atoms with Gasteiger partial charge in [0.2, 0.25) is 0 Å². The Hall–Kier alpha value is -0.580. The Kier molecular flexibility index (Phi) is 1.83. The van der Waals surface area contributed by atoms with Crippen LogP contribution in [0.1, 0.15) is 5.69 Å². The Morgan fingerprint density at radius 3 is 2.92 bits per heavy atom. The van der Waals surface area contributed by atoms with Crippen LogP contribution >= 0.6 is 22.6 Å².